The summed E-state index contributed by atoms with van der Waals surface area (Å²) in [7, 11) is -4.65. The van der Waals surface area contributed by atoms with Gasteiger partial charge in [0.2, 0.25) is 0 Å². The van der Waals surface area contributed by atoms with Gasteiger partial charge in [0.1, 0.15) is 40.6 Å². The molecule has 0 saturated carbocycles. The van der Waals surface area contributed by atoms with Crippen LogP contribution >= 0.6 is 0 Å². The van der Waals surface area contributed by atoms with E-state index in [4.69, 9.17) is 9.47 Å². The monoisotopic (exact) mass is 538 g/mol. The van der Waals surface area contributed by atoms with E-state index >= 15 is 0 Å². The topological polar surface area (TPSA) is 116 Å². The minimum Gasteiger partial charge on any atom is -0.744 e. The van der Waals surface area contributed by atoms with Crippen molar-refractivity contribution in [3.63, 3.8) is 0 Å². The molecule has 0 spiro atoms. The molecular formula is C28H26O7S2. The minimum absolute atomic E-state index is 0.253. The number of phenols is 2. The molecule has 4 aromatic carbocycles. The van der Waals surface area contributed by atoms with E-state index in [1.807, 2.05) is 42.5 Å². The lowest BCUT2D eigenvalue weighted by atomic mass is 10.3. The second-order valence-corrected chi connectivity index (χ2v) is 10.8. The van der Waals surface area contributed by atoms with Crippen LogP contribution in [-0.2, 0) is 25.7 Å². The summed E-state index contributed by atoms with van der Waals surface area (Å²) in [5, 5.41) is 19.0. The number of hydrogen-bond donors (Lipinski definition) is 2. The second-order valence-electron chi connectivity index (χ2n) is 7.42. The third-order valence-corrected chi connectivity index (χ3v) is 7.90. The number of benzene rings is 4. The van der Waals surface area contributed by atoms with Gasteiger partial charge in [0.15, 0.2) is 14.7 Å². The Morgan fingerprint density at radius 3 is 1.68 bits per heavy atom. The van der Waals surface area contributed by atoms with Crippen LogP contribution in [-0.4, -0.2) is 36.4 Å². The van der Waals surface area contributed by atoms with E-state index in [0.717, 1.165) is 9.79 Å². The van der Waals surface area contributed by atoms with E-state index < -0.39 is 10.1 Å². The molecule has 0 heterocycles. The molecule has 0 fully saturated rings. The van der Waals surface area contributed by atoms with Gasteiger partial charge in [-0.3, -0.25) is 0 Å². The highest BCUT2D eigenvalue weighted by Crippen LogP contribution is 2.32. The number of hydrogen-bond acceptors (Lipinski definition) is 7. The van der Waals surface area contributed by atoms with Gasteiger partial charge in [-0.15, -0.1) is 0 Å². The van der Waals surface area contributed by atoms with Crippen molar-refractivity contribution in [1.82, 2.24) is 0 Å². The zero-order chi connectivity index (χ0) is 26.7. The third kappa shape index (κ3) is 8.60. The van der Waals surface area contributed by atoms with Crippen LogP contribution in [0.1, 0.15) is 0 Å². The summed E-state index contributed by atoms with van der Waals surface area (Å²) in [5.74, 6) is 1.00. The molecule has 0 unspecified atom stereocenters. The maximum Gasteiger partial charge on any atom is 0.166 e. The summed E-state index contributed by atoms with van der Waals surface area (Å²) < 4.78 is 41.9. The van der Waals surface area contributed by atoms with Crippen molar-refractivity contribution < 1.29 is 32.7 Å². The van der Waals surface area contributed by atoms with Crippen molar-refractivity contribution in [2.45, 2.75) is 19.6 Å². The standard InChI is InChI=1S/C18H14O2S.C10H12O5S/c19-14-6-10-17(11-7-14)21(16-4-2-1-3-5-16)18-12-8-15(20)9-13-18;1-2-14-7-8-15-9-3-5-10(6-4-9)16(11,12)13/h1-13H,(H-,19,20);2-6H,1,7-8H2,(H,11,12,13). The van der Waals surface area contributed by atoms with E-state index in [1.165, 1.54) is 35.4 Å². The molecule has 0 bridgehead atoms. The summed E-state index contributed by atoms with van der Waals surface area (Å²) >= 11 is 0. The lowest BCUT2D eigenvalue weighted by molar-refractivity contribution is 0.179. The van der Waals surface area contributed by atoms with Gasteiger partial charge in [0.25, 0.3) is 0 Å². The van der Waals surface area contributed by atoms with Crippen LogP contribution in [0.3, 0.4) is 0 Å². The predicted octanol–water partition coefficient (Wildman–Crippen LogP) is 5.32. The summed E-state index contributed by atoms with van der Waals surface area (Å²) in [5.41, 5.74) is 0. The Morgan fingerprint density at radius 1 is 0.730 bits per heavy atom. The minimum atomic E-state index is -4.39. The molecule has 0 aliphatic rings. The van der Waals surface area contributed by atoms with Crippen LogP contribution in [0.25, 0.3) is 0 Å². The van der Waals surface area contributed by atoms with Crippen LogP contribution in [0.15, 0.2) is 136 Å². The highest BCUT2D eigenvalue weighted by molar-refractivity contribution is 7.97. The normalized spacial score (nSPS) is 10.8. The van der Waals surface area contributed by atoms with E-state index in [9.17, 15) is 23.2 Å². The first kappa shape index (κ1) is 27.7. The van der Waals surface area contributed by atoms with E-state index in [2.05, 4.69) is 18.7 Å². The molecule has 37 heavy (non-hydrogen) atoms. The van der Waals surface area contributed by atoms with Gasteiger partial charge in [-0.05, 0) is 84.9 Å². The molecule has 0 aliphatic heterocycles. The molecule has 0 amide bonds. The van der Waals surface area contributed by atoms with Crippen molar-refractivity contribution in [2.75, 3.05) is 13.2 Å². The molecule has 0 aliphatic carbocycles. The van der Waals surface area contributed by atoms with Crippen molar-refractivity contribution >= 4 is 21.0 Å². The van der Waals surface area contributed by atoms with Gasteiger partial charge >= 0.3 is 0 Å². The highest BCUT2D eigenvalue weighted by Gasteiger charge is 2.28. The van der Waals surface area contributed by atoms with E-state index in [-0.39, 0.29) is 27.3 Å². The number of rotatable bonds is 9. The van der Waals surface area contributed by atoms with Crippen molar-refractivity contribution in [3.8, 4) is 17.2 Å². The molecule has 4 rings (SSSR count). The van der Waals surface area contributed by atoms with Gasteiger partial charge in [-0.2, -0.15) is 0 Å². The van der Waals surface area contributed by atoms with Gasteiger partial charge in [0, 0.05) is 0 Å². The molecule has 9 heteroatoms. The van der Waals surface area contributed by atoms with Crippen molar-refractivity contribution in [1.29, 1.82) is 0 Å². The first-order valence-electron chi connectivity index (χ1n) is 11.1. The molecule has 7 nitrogen and oxygen atoms in total. The average molecular weight is 539 g/mol. The molecule has 192 valence electrons. The van der Waals surface area contributed by atoms with Crippen LogP contribution < -0.4 is 4.74 Å². The summed E-state index contributed by atoms with van der Waals surface area (Å²) in [6.07, 6.45) is 1.30. The van der Waals surface area contributed by atoms with Gasteiger partial charge < -0.3 is 24.2 Å². The summed E-state index contributed by atoms with van der Waals surface area (Å²) in [4.78, 5) is 3.19. The Balaban J connectivity index is 0.000000214. The average Bonchev–Trinajstić information content (AvgIpc) is 2.90. The molecule has 0 saturated heterocycles. The Morgan fingerprint density at radius 2 is 1.22 bits per heavy atom. The molecule has 0 radical (unpaired) electrons. The van der Waals surface area contributed by atoms with Crippen molar-refractivity contribution in [2.24, 2.45) is 0 Å². The predicted molar refractivity (Wildman–Crippen MR) is 141 cm³/mol. The van der Waals surface area contributed by atoms with Crippen LogP contribution in [0.2, 0.25) is 0 Å². The van der Waals surface area contributed by atoms with E-state index in [0.29, 0.717) is 19.0 Å². The molecule has 0 aromatic heterocycles. The van der Waals surface area contributed by atoms with Crippen molar-refractivity contribution in [3.05, 3.63) is 116 Å². The Kier molecular flexibility index (Phi) is 10.0. The Bertz CT molecular complexity index is 1310. The summed E-state index contributed by atoms with van der Waals surface area (Å²) in [6, 6.07) is 30.1. The first-order valence-corrected chi connectivity index (χ1v) is 13.7. The zero-order valence-electron chi connectivity index (χ0n) is 19.8. The fraction of sp³-hybridized carbons (Fsp3) is 0.0714. The fourth-order valence-corrected chi connectivity index (χ4v) is 5.65. The lowest BCUT2D eigenvalue weighted by Crippen LogP contribution is -2.04. The smallest absolute Gasteiger partial charge is 0.166 e. The number of aromatic hydroxyl groups is 2. The fourth-order valence-electron chi connectivity index (χ4n) is 3.12. The summed E-state index contributed by atoms with van der Waals surface area (Å²) in [6.45, 7) is 4.03. The molecule has 4 aromatic rings. The van der Waals surface area contributed by atoms with Gasteiger partial charge in [0.05, 0.1) is 22.1 Å². The maximum atomic E-state index is 10.6. The number of ether oxygens (including phenoxy) is 2. The molecule has 0 atom stereocenters. The van der Waals surface area contributed by atoms with E-state index in [1.54, 1.807) is 24.3 Å². The number of phenolic OH excluding ortho intramolecular Hbond substituents is 2. The van der Waals surface area contributed by atoms with Gasteiger partial charge in [-0.25, -0.2) is 8.42 Å². The lowest BCUT2D eigenvalue weighted by Gasteiger charge is -2.09. The largest absolute Gasteiger partial charge is 0.744 e. The highest BCUT2D eigenvalue weighted by atomic mass is 32.2. The van der Waals surface area contributed by atoms with Gasteiger partial charge in [-0.1, -0.05) is 24.8 Å². The molecule has 2 N–H and O–H groups in total. The second kappa shape index (κ2) is 13.4. The van der Waals surface area contributed by atoms with Crippen LogP contribution in [0.5, 0.6) is 17.2 Å². The Labute approximate surface area is 219 Å². The SMILES string of the molecule is C=COCCOc1ccc(S(=O)(=O)[O-])cc1.Oc1ccc([S+](c2ccccc2)c2ccc(O)cc2)cc1. The van der Waals surface area contributed by atoms with Crippen LogP contribution in [0, 0.1) is 0 Å². The van der Waals surface area contributed by atoms with Crippen LogP contribution in [0.4, 0.5) is 0 Å². The first-order chi connectivity index (χ1) is 17.8. The Hall–Kier alpha value is -3.92. The quantitative estimate of drug-likeness (QED) is 0.128. The maximum absolute atomic E-state index is 10.6. The third-order valence-electron chi connectivity index (χ3n) is 4.82. The molecular weight excluding hydrogens is 512 g/mol. The zero-order valence-corrected chi connectivity index (χ0v) is 21.4.